The van der Waals surface area contributed by atoms with E-state index in [4.69, 9.17) is 10.8 Å². The molecule has 5 N–H and O–H groups in total. The second kappa shape index (κ2) is 8.49. The van der Waals surface area contributed by atoms with Gasteiger partial charge in [0.15, 0.2) is 0 Å². The Kier molecular flexibility index (Phi) is 6.98. The molecular weight excluding hydrogens is 274 g/mol. The number of aliphatic carboxylic acids is 1. The monoisotopic (exact) mass is 299 g/mol. The predicted molar refractivity (Wildman–Crippen MR) is 77.5 cm³/mol. The Labute approximate surface area is 124 Å². The molecule has 0 heterocycles. The van der Waals surface area contributed by atoms with Crippen molar-refractivity contribution in [1.82, 2.24) is 10.6 Å². The van der Waals surface area contributed by atoms with Gasteiger partial charge in [0.25, 0.3) is 0 Å². The number of primary amides is 1. The van der Waals surface area contributed by atoms with Gasteiger partial charge in [-0.05, 0) is 24.7 Å². The third-order valence-corrected chi connectivity index (χ3v) is 4.10. The summed E-state index contributed by atoms with van der Waals surface area (Å²) in [6.45, 7) is 2.73. The molecule has 0 saturated heterocycles. The molecule has 7 heteroatoms. The van der Waals surface area contributed by atoms with Crippen LogP contribution in [0.4, 0.5) is 4.79 Å². The number of hydrogen-bond acceptors (Lipinski definition) is 3. The molecule has 0 aromatic rings. The van der Waals surface area contributed by atoms with Crippen molar-refractivity contribution >= 4 is 17.9 Å². The van der Waals surface area contributed by atoms with Crippen molar-refractivity contribution < 1.29 is 19.5 Å². The van der Waals surface area contributed by atoms with Crippen LogP contribution in [0.25, 0.3) is 0 Å². The quantitative estimate of drug-likeness (QED) is 0.556. The third kappa shape index (κ3) is 6.46. The molecule has 0 radical (unpaired) electrons. The van der Waals surface area contributed by atoms with Gasteiger partial charge >= 0.3 is 12.0 Å². The van der Waals surface area contributed by atoms with Gasteiger partial charge in [0.2, 0.25) is 5.91 Å². The number of carboxylic acids is 1. The molecule has 1 rings (SSSR count). The van der Waals surface area contributed by atoms with E-state index in [-0.39, 0.29) is 12.8 Å². The molecule has 21 heavy (non-hydrogen) atoms. The van der Waals surface area contributed by atoms with Gasteiger partial charge in [-0.1, -0.05) is 26.2 Å². The predicted octanol–water partition coefficient (Wildman–Crippen LogP) is 0.831. The Balaban J connectivity index is 2.35. The van der Waals surface area contributed by atoms with Gasteiger partial charge in [0.1, 0.15) is 6.04 Å². The van der Waals surface area contributed by atoms with Crippen LogP contribution in [0.5, 0.6) is 0 Å². The molecule has 120 valence electrons. The van der Waals surface area contributed by atoms with Gasteiger partial charge in [0.05, 0.1) is 0 Å². The minimum absolute atomic E-state index is 0.00207. The van der Waals surface area contributed by atoms with Crippen LogP contribution < -0.4 is 16.4 Å². The van der Waals surface area contributed by atoms with Gasteiger partial charge in [-0.3, -0.25) is 4.79 Å². The molecule has 0 aromatic heterocycles. The topological polar surface area (TPSA) is 122 Å². The minimum Gasteiger partial charge on any atom is -0.480 e. The molecule has 0 bridgehead atoms. The van der Waals surface area contributed by atoms with Gasteiger partial charge in [-0.2, -0.15) is 0 Å². The summed E-state index contributed by atoms with van der Waals surface area (Å²) in [6.07, 6.45) is 4.59. The first-order chi connectivity index (χ1) is 9.90. The number of amides is 3. The molecule has 0 aromatic carbocycles. The Hall–Kier alpha value is -1.79. The average molecular weight is 299 g/mol. The number of nitrogens with one attached hydrogen (secondary N) is 2. The number of hydrogen-bond donors (Lipinski definition) is 4. The van der Waals surface area contributed by atoms with Crippen LogP contribution >= 0.6 is 0 Å². The van der Waals surface area contributed by atoms with E-state index in [0.717, 1.165) is 6.42 Å². The highest BCUT2D eigenvalue weighted by molar-refractivity contribution is 5.83. The smallest absolute Gasteiger partial charge is 0.326 e. The minimum atomic E-state index is -1.17. The zero-order valence-electron chi connectivity index (χ0n) is 12.4. The standard InChI is InChI=1S/C14H25N3O4/c1-9-4-2-3-5-10(9)8-16-14(21)17-11(13(19)20)6-7-12(15)18/h9-11H,2-8H2,1H3,(H2,15,18)(H,19,20)(H2,16,17,21). The number of carbonyl (C=O) groups excluding carboxylic acids is 2. The summed E-state index contributed by atoms with van der Waals surface area (Å²) in [4.78, 5) is 33.4. The zero-order valence-corrected chi connectivity index (χ0v) is 12.4. The Bertz CT molecular complexity index is 386. The lowest BCUT2D eigenvalue weighted by Gasteiger charge is -2.29. The molecule has 1 saturated carbocycles. The second-order valence-corrected chi connectivity index (χ2v) is 5.77. The Morgan fingerprint density at radius 1 is 1.29 bits per heavy atom. The van der Waals surface area contributed by atoms with Crippen LogP contribution in [0.3, 0.4) is 0 Å². The fourth-order valence-electron chi connectivity index (χ4n) is 2.67. The van der Waals surface area contributed by atoms with E-state index in [1.165, 1.54) is 19.3 Å². The lowest BCUT2D eigenvalue weighted by Crippen LogP contribution is -2.47. The number of rotatable bonds is 7. The molecule has 1 aliphatic carbocycles. The van der Waals surface area contributed by atoms with Crippen LogP contribution in [0, 0.1) is 11.8 Å². The molecule has 3 atom stereocenters. The third-order valence-electron chi connectivity index (χ3n) is 4.10. The summed E-state index contributed by atoms with van der Waals surface area (Å²) >= 11 is 0. The van der Waals surface area contributed by atoms with Crippen molar-refractivity contribution in [3.8, 4) is 0 Å². The van der Waals surface area contributed by atoms with Crippen LogP contribution in [0.1, 0.15) is 45.4 Å². The van der Waals surface area contributed by atoms with E-state index in [0.29, 0.717) is 18.4 Å². The van der Waals surface area contributed by atoms with Crippen LogP contribution in [-0.2, 0) is 9.59 Å². The highest BCUT2D eigenvalue weighted by Gasteiger charge is 2.23. The van der Waals surface area contributed by atoms with Crippen molar-refractivity contribution in [2.45, 2.75) is 51.5 Å². The zero-order chi connectivity index (χ0) is 15.8. The molecule has 7 nitrogen and oxygen atoms in total. The van der Waals surface area contributed by atoms with E-state index in [2.05, 4.69) is 17.6 Å². The second-order valence-electron chi connectivity index (χ2n) is 5.77. The van der Waals surface area contributed by atoms with Gasteiger partial charge in [-0.25, -0.2) is 9.59 Å². The Morgan fingerprint density at radius 3 is 2.52 bits per heavy atom. The van der Waals surface area contributed by atoms with Gasteiger partial charge in [-0.15, -0.1) is 0 Å². The van der Waals surface area contributed by atoms with Crippen molar-refractivity contribution in [1.29, 1.82) is 0 Å². The SMILES string of the molecule is CC1CCCCC1CNC(=O)NC(CCC(N)=O)C(=O)O. The fraction of sp³-hybridized carbons (Fsp3) is 0.786. The van der Waals surface area contributed by atoms with E-state index in [9.17, 15) is 14.4 Å². The van der Waals surface area contributed by atoms with Crippen molar-refractivity contribution in [3.05, 3.63) is 0 Å². The molecular formula is C14H25N3O4. The van der Waals surface area contributed by atoms with Crippen LogP contribution in [0.2, 0.25) is 0 Å². The number of nitrogens with two attached hydrogens (primary N) is 1. The average Bonchev–Trinajstić information content (AvgIpc) is 2.42. The highest BCUT2D eigenvalue weighted by atomic mass is 16.4. The van der Waals surface area contributed by atoms with Crippen LogP contribution in [-0.4, -0.2) is 35.6 Å². The summed E-state index contributed by atoms with van der Waals surface area (Å²) in [5, 5.41) is 14.1. The van der Waals surface area contributed by atoms with Crippen LogP contribution in [0.15, 0.2) is 0 Å². The maximum Gasteiger partial charge on any atom is 0.326 e. The van der Waals surface area contributed by atoms with Gasteiger partial charge < -0.3 is 21.5 Å². The molecule has 3 unspecified atom stereocenters. The summed E-state index contributed by atoms with van der Waals surface area (Å²) in [5.41, 5.74) is 4.98. The first-order valence-electron chi connectivity index (χ1n) is 7.45. The fourth-order valence-corrected chi connectivity index (χ4v) is 2.67. The van der Waals surface area contributed by atoms with Gasteiger partial charge in [0, 0.05) is 13.0 Å². The Morgan fingerprint density at radius 2 is 1.95 bits per heavy atom. The maximum absolute atomic E-state index is 11.8. The summed E-state index contributed by atoms with van der Waals surface area (Å²) in [7, 11) is 0. The first kappa shape index (κ1) is 17.3. The van der Waals surface area contributed by atoms with E-state index in [1.54, 1.807) is 0 Å². The molecule has 0 spiro atoms. The number of carbonyl (C=O) groups is 3. The summed E-state index contributed by atoms with van der Waals surface area (Å²) in [6, 6.07) is -1.61. The molecule has 1 fully saturated rings. The molecule has 0 aliphatic heterocycles. The summed E-state index contributed by atoms with van der Waals surface area (Å²) < 4.78 is 0. The normalized spacial score (nSPS) is 23.1. The first-order valence-corrected chi connectivity index (χ1v) is 7.45. The van der Waals surface area contributed by atoms with E-state index < -0.39 is 23.9 Å². The maximum atomic E-state index is 11.8. The lowest BCUT2D eigenvalue weighted by molar-refractivity contribution is -0.139. The largest absolute Gasteiger partial charge is 0.480 e. The van der Waals surface area contributed by atoms with E-state index in [1.807, 2.05) is 0 Å². The highest BCUT2D eigenvalue weighted by Crippen LogP contribution is 2.28. The van der Waals surface area contributed by atoms with Crippen molar-refractivity contribution in [2.75, 3.05) is 6.54 Å². The van der Waals surface area contributed by atoms with Crippen molar-refractivity contribution in [2.24, 2.45) is 17.6 Å². The van der Waals surface area contributed by atoms with Crippen molar-refractivity contribution in [3.63, 3.8) is 0 Å². The lowest BCUT2D eigenvalue weighted by atomic mass is 9.80. The number of carboxylic acid groups (broad SMARTS) is 1. The molecule has 1 aliphatic rings. The molecule has 3 amide bonds. The number of urea groups is 1. The summed E-state index contributed by atoms with van der Waals surface area (Å²) in [5.74, 6) is -0.737. The van der Waals surface area contributed by atoms with E-state index >= 15 is 0 Å².